The summed E-state index contributed by atoms with van der Waals surface area (Å²) in [7, 11) is 0. The van der Waals surface area contributed by atoms with E-state index in [2.05, 4.69) is 0 Å². The Morgan fingerprint density at radius 3 is 2.52 bits per heavy atom. The minimum absolute atomic E-state index is 0.0215. The predicted molar refractivity (Wildman–Crippen MR) is 84.6 cm³/mol. The molecule has 0 fully saturated rings. The Balaban J connectivity index is 1.99. The lowest BCUT2D eigenvalue weighted by atomic mass is 10.2. The standard InChI is InChI=1S/C16H11ClO3S/c17-10-19-14-12-8-4-5-9-13(12)21-15(14)16(18)20-11-6-2-1-3-7-11/h1-9H,10H2. The molecule has 2 aromatic carbocycles. The van der Waals surface area contributed by atoms with E-state index in [0.717, 1.165) is 10.1 Å². The summed E-state index contributed by atoms with van der Waals surface area (Å²) >= 11 is 6.99. The molecular weight excluding hydrogens is 308 g/mol. The van der Waals surface area contributed by atoms with Crippen LogP contribution in [0, 0.1) is 0 Å². The highest BCUT2D eigenvalue weighted by Crippen LogP contribution is 2.38. The number of fused-ring (bicyclic) bond motifs is 1. The SMILES string of the molecule is O=C(Oc1ccccc1)c1sc2ccccc2c1OCCl. The molecule has 0 N–H and O–H groups in total. The molecule has 3 rings (SSSR count). The first kappa shape index (κ1) is 13.9. The molecule has 0 unspecified atom stereocenters. The Bertz CT molecular complexity index is 768. The maximum Gasteiger partial charge on any atom is 0.357 e. The number of carbonyl (C=O) groups is 1. The molecule has 0 radical (unpaired) electrons. The third-order valence-electron chi connectivity index (χ3n) is 2.89. The van der Waals surface area contributed by atoms with Crippen molar-refractivity contribution in [2.75, 3.05) is 6.07 Å². The number of ether oxygens (including phenoxy) is 2. The van der Waals surface area contributed by atoms with Crippen molar-refractivity contribution in [1.82, 2.24) is 0 Å². The molecule has 0 spiro atoms. The summed E-state index contributed by atoms with van der Waals surface area (Å²) in [5.74, 6) is 0.533. The second-order valence-electron chi connectivity index (χ2n) is 4.21. The lowest BCUT2D eigenvalue weighted by Gasteiger charge is -2.05. The van der Waals surface area contributed by atoms with Crippen molar-refractivity contribution >= 4 is 39.0 Å². The van der Waals surface area contributed by atoms with E-state index in [0.29, 0.717) is 16.4 Å². The van der Waals surface area contributed by atoms with Crippen LogP contribution in [-0.2, 0) is 0 Å². The highest BCUT2D eigenvalue weighted by molar-refractivity contribution is 7.21. The van der Waals surface area contributed by atoms with Gasteiger partial charge in [-0.2, -0.15) is 0 Å². The van der Waals surface area contributed by atoms with E-state index in [1.54, 1.807) is 12.1 Å². The smallest absolute Gasteiger partial charge is 0.357 e. The van der Waals surface area contributed by atoms with Gasteiger partial charge in [-0.1, -0.05) is 41.9 Å². The molecule has 3 aromatic rings. The second kappa shape index (κ2) is 6.16. The van der Waals surface area contributed by atoms with Gasteiger partial charge in [-0.3, -0.25) is 0 Å². The van der Waals surface area contributed by atoms with E-state index >= 15 is 0 Å². The molecule has 0 saturated carbocycles. The predicted octanol–water partition coefficient (Wildman–Crippen LogP) is 4.70. The number of benzene rings is 2. The lowest BCUT2D eigenvalue weighted by Crippen LogP contribution is -2.08. The van der Waals surface area contributed by atoms with E-state index < -0.39 is 5.97 Å². The molecule has 0 bridgehead atoms. The number of para-hydroxylation sites is 1. The van der Waals surface area contributed by atoms with Crippen molar-refractivity contribution in [3.05, 3.63) is 59.5 Å². The van der Waals surface area contributed by atoms with Crippen LogP contribution in [0.15, 0.2) is 54.6 Å². The summed E-state index contributed by atoms with van der Waals surface area (Å²) < 4.78 is 11.7. The third-order valence-corrected chi connectivity index (χ3v) is 4.13. The number of carbonyl (C=O) groups excluding carboxylic acids is 1. The van der Waals surface area contributed by atoms with Gasteiger partial charge in [0.1, 0.15) is 5.75 Å². The van der Waals surface area contributed by atoms with Gasteiger partial charge in [-0.25, -0.2) is 4.79 Å². The zero-order chi connectivity index (χ0) is 14.7. The van der Waals surface area contributed by atoms with Crippen LogP contribution in [0.5, 0.6) is 11.5 Å². The Labute approximate surface area is 130 Å². The topological polar surface area (TPSA) is 35.5 Å². The van der Waals surface area contributed by atoms with Crippen LogP contribution in [-0.4, -0.2) is 12.0 Å². The van der Waals surface area contributed by atoms with Crippen molar-refractivity contribution < 1.29 is 14.3 Å². The van der Waals surface area contributed by atoms with Crippen LogP contribution in [0.4, 0.5) is 0 Å². The Hall–Kier alpha value is -2.04. The van der Waals surface area contributed by atoms with Crippen LogP contribution in [0.2, 0.25) is 0 Å². The molecule has 5 heteroatoms. The van der Waals surface area contributed by atoms with Gasteiger partial charge in [-0.15, -0.1) is 11.3 Å². The van der Waals surface area contributed by atoms with Gasteiger partial charge in [-0.05, 0) is 24.3 Å². The van der Waals surface area contributed by atoms with Crippen molar-refractivity contribution in [3.63, 3.8) is 0 Å². The Kier molecular flexibility index (Phi) is 4.08. The summed E-state index contributed by atoms with van der Waals surface area (Å²) in [6.45, 7) is 0. The zero-order valence-electron chi connectivity index (χ0n) is 10.9. The molecule has 1 aromatic heterocycles. The monoisotopic (exact) mass is 318 g/mol. The summed E-state index contributed by atoms with van der Waals surface area (Å²) in [6.07, 6.45) is 0. The molecule has 106 valence electrons. The van der Waals surface area contributed by atoms with Crippen molar-refractivity contribution in [2.45, 2.75) is 0 Å². The van der Waals surface area contributed by atoms with Gasteiger partial charge >= 0.3 is 5.97 Å². The number of hydrogen-bond donors (Lipinski definition) is 0. The molecule has 1 heterocycles. The summed E-state index contributed by atoms with van der Waals surface area (Å²) in [5.41, 5.74) is 0. The van der Waals surface area contributed by atoms with E-state index in [4.69, 9.17) is 21.1 Å². The molecule has 0 aliphatic carbocycles. The fourth-order valence-electron chi connectivity index (χ4n) is 2.00. The molecule has 21 heavy (non-hydrogen) atoms. The summed E-state index contributed by atoms with van der Waals surface area (Å²) in [6, 6.07) is 16.5. The summed E-state index contributed by atoms with van der Waals surface area (Å²) in [4.78, 5) is 12.8. The minimum Gasteiger partial charge on any atom is -0.475 e. The highest BCUT2D eigenvalue weighted by atomic mass is 35.5. The van der Waals surface area contributed by atoms with E-state index in [1.807, 2.05) is 42.5 Å². The maximum atomic E-state index is 12.3. The van der Waals surface area contributed by atoms with E-state index in [-0.39, 0.29) is 6.07 Å². The van der Waals surface area contributed by atoms with Crippen LogP contribution < -0.4 is 9.47 Å². The molecule has 0 saturated heterocycles. The van der Waals surface area contributed by atoms with Crippen molar-refractivity contribution in [3.8, 4) is 11.5 Å². The first-order valence-corrected chi connectivity index (χ1v) is 7.62. The van der Waals surface area contributed by atoms with Gasteiger partial charge < -0.3 is 9.47 Å². The molecule has 0 aliphatic rings. The fourth-order valence-corrected chi connectivity index (χ4v) is 3.13. The van der Waals surface area contributed by atoms with Gasteiger partial charge in [0.2, 0.25) is 0 Å². The van der Waals surface area contributed by atoms with Crippen LogP contribution >= 0.6 is 22.9 Å². The minimum atomic E-state index is -0.442. The number of hydrogen-bond acceptors (Lipinski definition) is 4. The molecule has 0 atom stereocenters. The largest absolute Gasteiger partial charge is 0.475 e. The van der Waals surface area contributed by atoms with Crippen LogP contribution in [0.25, 0.3) is 10.1 Å². The second-order valence-corrected chi connectivity index (χ2v) is 5.48. The number of rotatable bonds is 4. The van der Waals surface area contributed by atoms with Gasteiger partial charge in [0, 0.05) is 10.1 Å². The van der Waals surface area contributed by atoms with Crippen molar-refractivity contribution in [2.24, 2.45) is 0 Å². The quantitative estimate of drug-likeness (QED) is 0.397. The number of esters is 1. The fraction of sp³-hybridized carbons (Fsp3) is 0.0625. The molecule has 3 nitrogen and oxygen atoms in total. The van der Waals surface area contributed by atoms with Crippen molar-refractivity contribution in [1.29, 1.82) is 0 Å². The highest BCUT2D eigenvalue weighted by Gasteiger charge is 2.21. The van der Waals surface area contributed by atoms with Gasteiger partial charge in [0.15, 0.2) is 16.7 Å². The average molecular weight is 319 g/mol. The van der Waals surface area contributed by atoms with Gasteiger partial charge in [0.05, 0.1) is 0 Å². The van der Waals surface area contributed by atoms with Crippen LogP contribution in [0.3, 0.4) is 0 Å². The normalized spacial score (nSPS) is 10.5. The lowest BCUT2D eigenvalue weighted by molar-refractivity contribution is 0.0736. The number of halogens is 1. The van der Waals surface area contributed by atoms with E-state index in [1.165, 1.54) is 11.3 Å². The summed E-state index contributed by atoms with van der Waals surface area (Å²) in [5, 5.41) is 0.864. The molecule has 0 amide bonds. The third kappa shape index (κ3) is 2.86. The van der Waals surface area contributed by atoms with Gasteiger partial charge in [0.25, 0.3) is 0 Å². The molecule has 0 aliphatic heterocycles. The molecular formula is C16H11ClO3S. The first-order valence-electron chi connectivity index (χ1n) is 6.27. The Morgan fingerprint density at radius 2 is 1.76 bits per heavy atom. The maximum absolute atomic E-state index is 12.3. The number of alkyl halides is 1. The number of thiophene rings is 1. The Morgan fingerprint density at radius 1 is 1.05 bits per heavy atom. The van der Waals surface area contributed by atoms with Crippen LogP contribution in [0.1, 0.15) is 9.67 Å². The average Bonchev–Trinajstić information content (AvgIpc) is 2.88. The first-order chi connectivity index (χ1) is 10.3. The van der Waals surface area contributed by atoms with E-state index in [9.17, 15) is 4.79 Å². The zero-order valence-corrected chi connectivity index (χ0v) is 12.5.